The second-order valence-corrected chi connectivity index (χ2v) is 12.8. The number of aryl methyl sites for hydroxylation is 2. The van der Waals surface area contributed by atoms with E-state index >= 15 is 0 Å². The van der Waals surface area contributed by atoms with Gasteiger partial charge in [-0.1, -0.05) is 70.6 Å². The lowest BCUT2D eigenvalue weighted by atomic mass is 9.96. The Morgan fingerprint density at radius 3 is 2.64 bits per heavy atom. The van der Waals surface area contributed by atoms with Crippen LogP contribution in [0.3, 0.4) is 0 Å². The molecular formula is C29H20Cl2N6O5S2. The minimum atomic E-state index is -1.24. The lowest BCUT2D eigenvalue weighted by molar-refractivity contribution is -0.384. The van der Waals surface area contributed by atoms with Crippen LogP contribution in [0.1, 0.15) is 34.1 Å². The van der Waals surface area contributed by atoms with Crippen LogP contribution in [0.4, 0.5) is 10.8 Å². The molecule has 2 aromatic carbocycles. The van der Waals surface area contributed by atoms with Crippen molar-refractivity contribution >= 4 is 80.2 Å². The fraction of sp³-hybridized carbons (Fsp3) is 0.138. The largest absolute Gasteiger partial charge is 0.505 e. The van der Waals surface area contributed by atoms with Crippen molar-refractivity contribution in [2.75, 3.05) is 4.90 Å². The number of rotatable bonds is 7. The van der Waals surface area contributed by atoms with Crippen molar-refractivity contribution in [1.29, 1.82) is 0 Å². The molecule has 1 unspecified atom stereocenters. The van der Waals surface area contributed by atoms with Crippen LogP contribution in [0.2, 0.25) is 10.0 Å². The third-order valence-corrected chi connectivity index (χ3v) is 9.81. The van der Waals surface area contributed by atoms with Gasteiger partial charge in [-0.3, -0.25) is 24.6 Å². The first-order valence-electron chi connectivity index (χ1n) is 13.0. The number of carbonyl (C=O) groups is 2. The second kappa shape index (κ2) is 11.7. The lowest BCUT2D eigenvalue weighted by Gasteiger charge is -2.22. The van der Waals surface area contributed by atoms with E-state index in [2.05, 4.69) is 15.2 Å². The van der Waals surface area contributed by atoms with E-state index in [9.17, 15) is 24.8 Å². The number of anilines is 1. The highest BCUT2D eigenvalue weighted by atomic mass is 35.5. The summed E-state index contributed by atoms with van der Waals surface area (Å²) in [6.07, 6.45) is 1.77. The first-order valence-corrected chi connectivity index (χ1v) is 15.5. The van der Waals surface area contributed by atoms with Crippen LogP contribution in [0, 0.1) is 24.0 Å². The maximum Gasteiger partial charge on any atom is 0.301 e. The van der Waals surface area contributed by atoms with Crippen molar-refractivity contribution < 1.29 is 19.6 Å². The minimum Gasteiger partial charge on any atom is -0.505 e. The second-order valence-electron chi connectivity index (χ2n) is 9.83. The van der Waals surface area contributed by atoms with Crippen LogP contribution in [-0.2, 0) is 15.3 Å². The van der Waals surface area contributed by atoms with Gasteiger partial charge in [0.05, 0.1) is 22.2 Å². The molecule has 5 aromatic rings. The number of carbonyl (C=O) groups excluding carboxylic acids is 2. The van der Waals surface area contributed by atoms with Gasteiger partial charge in [-0.2, -0.15) is 0 Å². The van der Waals surface area contributed by atoms with Gasteiger partial charge >= 0.3 is 5.91 Å². The minimum absolute atomic E-state index is 0.0786. The third-order valence-electron chi connectivity index (χ3n) is 7.12. The molecule has 11 nitrogen and oxygen atoms in total. The molecule has 1 atom stereocenters. The Morgan fingerprint density at radius 1 is 1.11 bits per heavy atom. The molecular weight excluding hydrogens is 647 g/mol. The van der Waals surface area contributed by atoms with Gasteiger partial charge in [0.25, 0.3) is 11.5 Å². The number of amides is 1. The average molecular weight is 668 g/mol. The predicted octanol–water partition coefficient (Wildman–Crippen LogP) is 6.94. The number of halogens is 2. The number of nitro benzene ring substituents is 1. The number of benzene rings is 2. The molecule has 0 aliphatic carbocycles. The summed E-state index contributed by atoms with van der Waals surface area (Å²) < 4.78 is 2.25. The monoisotopic (exact) mass is 666 g/mol. The average Bonchev–Trinajstić information content (AvgIpc) is 3.67. The number of nitro groups is 1. The van der Waals surface area contributed by atoms with Crippen LogP contribution in [-0.4, -0.2) is 41.3 Å². The maximum atomic E-state index is 13.6. The number of aliphatic hydroxyl groups is 1. The number of hydrogen-bond donors (Lipinski definition) is 1. The van der Waals surface area contributed by atoms with Crippen LogP contribution in [0.5, 0.6) is 0 Å². The molecule has 4 heterocycles. The molecule has 0 bridgehead atoms. The molecule has 44 heavy (non-hydrogen) atoms. The maximum absolute atomic E-state index is 13.6. The number of non-ortho nitro benzene ring substituents is 1. The molecule has 1 saturated heterocycles. The van der Waals surface area contributed by atoms with Crippen molar-refractivity contribution in [2.45, 2.75) is 30.0 Å². The van der Waals surface area contributed by atoms with Gasteiger partial charge in [-0.25, -0.2) is 4.98 Å². The van der Waals surface area contributed by atoms with Gasteiger partial charge in [-0.15, -0.1) is 10.2 Å². The van der Waals surface area contributed by atoms with Crippen molar-refractivity contribution in [3.8, 4) is 0 Å². The van der Waals surface area contributed by atoms with E-state index in [1.54, 1.807) is 41.8 Å². The van der Waals surface area contributed by atoms with E-state index in [0.717, 1.165) is 27.4 Å². The Hall–Kier alpha value is -4.30. The van der Waals surface area contributed by atoms with E-state index in [1.807, 2.05) is 19.1 Å². The van der Waals surface area contributed by atoms with Crippen LogP contribution < -0.4 is 4.90 Å². The Kier molecular flexibility index (Phi) is 7.88. The van der Waals surface area contributed by atoms with Crippen LogP contribution >= 0.6 is 46.3 Å². The normalized spacial score (nSPS) is 16.3. The highest BCUT2D eigenvalue weighted by molar-refractivity contribution is 8.00. The fourth-order valence-electron chi connectivity index (χ4n) is 4.96. The fourth-order valence-corrected chi connectivity index (χ4v) is 7.39. The van der Waals surface area contributed by atoms with E-state index in [0.29, 0.717) is 31.5 Å². The summed E-state index contributed by atoms with van der Waals surface area (Å²) in [6.45, 7) is 3.59. The number of ketones is 1. The van der Waals surface area contributed by atoms with Crippen LogP contribution in [0.15, 0.2) is 70.7 Å². The number of imidazole rings is 1. The summed E-state index contributed by atoms with van der Waals surface area (Å²) in [4.78, 5) is 44.0. The molecule has 222 valence electrons. The highest BCUT2D eigenvalue weighted by Crippen LogP contribution is 2.45. The summed E-state index contributed by atoms with van der Waals surface area (Å²) in [5, 5.41) is 32.7. The van der Waals surface area contributed by atoms with Gasteiger partial charge in [-0.05, 0) is 48.7 Å². The van der Waals surface area contributed by atoms with Gasteiger partial charge in [0.15, 0.2) is 10.1 Å². The summed E-state index contributed by atoms with van der Waals surface area (Å²) >= 11 is 14.7. The number of thioether (sulfide) groups is 1. The molecule has 15 heteroatoms. The number of hydrogen-bond acceptors (Lipinski definition) is 10. The Balaban J connectivity index is 1.45. The first-order chi connectivity index (χ1) is 21.0. The number of aromatic nitrogens is 4. The topological polar surface area (TPSA) is 144 Å². The van der Waals surface area contributed by atoms with E-state index in [1.165, 1.54) is 30.0 Å². The summed E-state index contributed by atoms with van der Waals surface area (Å²) in [5.41, 5.74) is 2.59. The summed E-state index contributed by atoms with van der Waals surface area (Å²) in [6, 6.07) is 13.2. The highest BCUT2D eigenvalue weighted by Gasteiger charge is 2.49. The number of Topliss-reactive ketones (excluding diaryl/α,β-unsaturated/α-hetero) is 1. The Labute approximate surface area is 267 Å². The SMILES string of the molecule is Cc1cccn2c(C)c(/C(O)=C3\C(=O)C(=O)N(c4nnc(SCc5ccc(Cl)cc5Cl)s4)C3c3cccc([N+](=O)[O-])c3)nc12. The molecule has 0 spiro atoms. The Bertz CT molecular complexity index is 2040. The van der Waals surface area contributed by atoms with Gasteiger partial charge < -0.3 is 9.51 Å². The van der Waals surface area contributed by atoms with Crippen LogP contribution in [0.25, 0.3) is 11.4 Å². The van der Waals surface area contributed by atoms with Crippen molar-refractivity contribution in [3.05, 3.63) is 115 Å². The molecule has 3 aromatic heterocycles. The predicted molar refractivity (Wildman–Crippen MR) is 168 cm³/mol. The first kappa shape index (κ1) is 29.8. The smallest absolute Gasteiger partial charge is 0.301 e. The van der Waals surface area contributed by atoms with Crippen molar-refractivity contribution in [1.82, 2.24) is 19.6 Å². The molecule has 1 fully saturated rings. The molecule has 1 aliphatic rings. The molecule has 1 aliphatic heterocycles. The number of fused-ring (bicyclic) bond motifs is 1. The van der Waals surface area contributed by atoms with Gasteiger partial charge in [0.1, 0.15) is 11.3 Å². The van der Waals surface area contributed by atoms with Gasteiger partial charge in [0.2, 0.25) is 5.13 Å². The van der Waals surface area contributed by atoms with Crippen molar-refractivity contribution in [3.63, 3.8) is 0 Å². The summed E-state index contributed by atoms with van der Waals surface area (Å²) in [7, 11) is 0. The van der Waals surface area contributed by atoms with E-state index in [4.69, 9.17) is 23.2 Å². The number of pyridine rings is 1. The molecule has 1 N–H and O–H groups in total. The molecule has 0 radical (unpaired) electrons. The molecule has 0 saturated carbocycles. The zero-order valence-electron chi connectivity index (χ0n) is 22.9. The van der Waals surface area contributed by atoms with E-state index in [-0.39, 0.29) is 27.6 Å². The lowest BCUT2D eigenvalue weighted by Crippen LogP contribution is -2.29. The third kappa shape index (κ3) is 5.21. The summed E-state index contributed by atoms with van der Waals surface area (Å²) in [5.74, 6) is -2.01. The molecule has 6 rings (SSSR count). The molecule has 1 amide bonds. The van der Waals surface area contributed by atoms with E-state index < -0.39 is 28.4 Å². The Morgan fingerprint density at radius 2 is 1.91 bits per heavy atom. The van der Waals surface area contributed by atoms with Gasteiger partial charge in [0, 0.05) is 34.1 Å². The standard InChI is InChI=1S/C29H20Cl2N6O5S2/c1-14-5-4-10-35-15(2)22(32-26(14)35)24(38)21-23(16-6-3-7-19(11-16)37(41)42)36(27(40)25(21)39)28-33-34-29(44-28)43-13-17-8-9-18(30)12-20(17)31/h3-12,23,38H,13H2,1-2H3/b24-21+. The zero-order valence-corrected chi connectivity index (χ0v) is 26.0. The van der Waals surface area contributed by atoms with Crippen molar-refractivity contribution in [2.24, 2.45) is 0 Å². The quantitative estimate of drug-likeness (QED) is 0.0371. The number of aliphatic hydroxyl groups excluding tert-OH is 1. The zero-order chi connectivity index (χ0) is 31.3. The number of nitrogens with zero attached hydrogens (tertiary/aromatic N) is 6.